The molecule has 3 N–H and O–H groups in total. The zero-order valence-corrected chi connectivity index (χ0v) is 17.7. The Morgan fingerprint density at radius 1 is 1.15 bits per heavy atom. The zero-order chi connectivity index (χ0) is 23.6. The topological polar surface area (TPSA) is 96.4 Å². The molecule has 1 aromatic heterocycles. The van der Waals surface area contributed by atoms with E-state index in [4.69, 9.17) is 4.74 Å². The minimum Gasteiger partial charge on any atom is -0.481 e. The number of rotatable bonds is 8. The van der Waals surface area contributed by atoms with Crippen LogP contribution in [0.15, 0.2) is 30.6 Å². The van der Waals surface area contributed by atoms with Crippen LogP contribution in [0, 0.1) is 11.7 Å². The molecule has 0 spiro atoms. The smallest absolute Gasteiger partial charge is 0.416 e. The summed E-state index contributed by atoms with van der Waals surface area (Å²) in [4.78, 5) is 19.4. The van der Waals surface area contributed by atoms with E-state index in [1.54, 1.807) is 0 Å². The maximum Gasteiger partial charge on any atom is 0.416 e. The lowest BCUT2D eigenvalue weighted by Crippen LogP contribution is -2.46. The number of nitrogens with one attached hydrogen (secondary N) is 2. The van der Waals surface area contributed by atoms with Gasteiger partial charge in [-0.3, -0.25) is 4.79 Å². The summed E-state index contributed by atoms with van der Waals surface area (Å²) in [7, 11) is 0. The van der Waals surface area contributed by atoms with Crippen molar-refractivity contribution in [3.05, 3.63) is 47.5 Å². The first-order valence-corrected chi connectivity index (χ1v) is 10.7. The van der Waals surface area contributed by atoms with Crippen molar-refractivity contribution in [1.29, 1.82) is 0 Å². The van der Waals surface area contributed by atoms with Crippen molar-refractivity contribution in [3.8, 4) is 0 Å². The van der Waals surface area contributed by atoms with E-state index in [0.717, 1.165) is 31.3 Å². The second kappa shape index (κ2) is 9.12. The predicted molar refractivity (Wildman–Crippen MR) is 111 cm³/mol. The van der Waals surface area contributed by atoms with Gasteiger partial charge in [0.1, 0.15) is 6.33 Å². The van der Waals surface area contributed by atoms with Crippen molar-refractivity contribution in [2.24, 2.45) is 5.92 Å². The molecule has 1 aliphatic heterocycles. The van der Waals surface area contributed by atoms with Crippen LogP contribution in [0.1, 0.15) is 49.3 Å². The lowest BCUT2D eigenvalue weighted by atomic mass is 9.86. The quantitative estimate of drug-likeness (QED) is 0.486. The third-order valence-corrected chi connectivity index (χ3v) is 6.10. The Labute approximate surface area is 187 Å². The molecule has 0 bridgehead atoms. The van der Waals surface area contributed by atoms with Crippen LogP contribution in [0.4, 0.5) is 29.2 Å². The van der Waals surface area contributed by atoms with E-state index in [1.807, 2.05) is 0 Å². The van der Waals surface area contributed by atoms with E-state index in [9.17, 15) is 23.1 Å². The number of alkyl halides is 3. The number of halogens is 4. The van der Waals surface area contributed by atoms with Crippen LogP contribution in [0.3, 0.4) is 0 Å². The van der Waals surface area contributed by atoms with E-state index in [1.165, 1.54) is 12.1 Å². The van der Waals surface area contributed by atoms with Gasteiger partial charge in [-0.1, -0.05) is 12.1 Å². The summed E-state index contributed by atoms with van der Waals surface area (Å²) >= 11 is 0. The highest BCUT2D eigenvalue weighted by Crippen LogP contribution is 2.44. The van der Waals surface area contributed by atoms with Gasteiger partial charge < -0.3 is 20.5 Å². The zero-order valence-electron chi connectivity index (χ0n) is 17.7. The number of carbonyl (C=O) groups is 1. The third-order valence-electron chi connectivity index (χ3n) is 6.10. The van der Waals surface area contributed by atoms with Crippen molar-refractivity contribution >= 4 is 17.6 Å². The SMILES string of the molecule is O=C(O)CC1(Nc2ncnc(NC(c3ccc(C(F)(F)F)cc3)C3CC3)c2F)CCOCC1. The number of aliphatic carboxylic acids is 1. The molecule has 7 nitrogen and oxygen atoms in total. The number of hydrogen-bond donors (Lipinski definition) is 3. The van der Waals surface area contributed by atoms with Crippen LogP contribution in [-0.4, -0.2) is 39.8 Å². The van der Waals surface area contributed by atoms with E-state index in [2.05, 4.69) is 20.6 Å². The normalized spacial score (nSPS) is 19.0. The van der Waals surface area contributed by atoms with Crippen molar-refractivity contribution in [2.75, 3.05) is 23.8 Å². The highest BCUT2D eigenvalue weighted by Gasteiger charge is 2.38. The van der Waals surface area contributed by atoms with Crippen molar-refractivity contribution in [2.45, 2.75) is 49.9 Å². The maximum absolute atomic E-state index is 15.3. The van der Waals surface area contributed by atoms with Gasteiger partial charge in [-0.2, -0.15) is 17.6 Å². The van der Waals surface area contributed by atoms with Gasteiger partial charge in [0.15, 0.2) is 11.6 Å². The molecule has 1 saturated heterocycles. The number of carboxylic acid groups (broad SMARTS) is 1. The monoisotopic (exact) mass is 468 g/mol. The second-order valence-corrected chi connectivity index (χ2v) is 8.55. The summed E-state index contributed by atoms with van der Waals surface area (Å²) in [5.74, 6) is -1.87. The maximum atomic E-state index is 15.3. The van der Waals surface area contributed by atoms with Crippen molar-refractivity contribution in [1.82, 2.24) is 9.97 Å². The van der Waals surface area contributed by atoms with Gasteiger partial charge in [0.05, 0.1) is 23.6 Å². The number of carboxylic acids is 1. The first-order valence-electron chi connectivity index (χ1n) is 10.7. The summed E-state index contributed by atoms with van der Waals surface area (Å²) in [6, 6.07) is 4.38. The second-order valence-electron chi connectivity index (χ2n) is 8.55. The molecule has 1 aromatic carbocycles. The molecule has 178 valence electrons. The largest absolute Gasteiger partial charge is 0.481 e. The van der Waals surface area contributed by atoms with Gasteiger partial charge in [0.25, 0.3) is 0 Å². The molecule has 1 unspecified atom stereocenters. The summed E-state index contributed by atoms with van der Waals surface area (Å²) in [5, 5.41) is 15.3. The van der Waals surface area contributed by atoms with Crippen molar-refractivity contribution < 1.29 is 32.2 Å². The Morgan fingerprint density at radius 3 is 2.36 bits per heavy atom. The Bertz CT molecular complexity index is 990. The molecule has 2 aromatic rings. The fourth-order valence-electron chi connectivity index (χ4n) is 4.14. The minimum atomic E-state index is -4.43. The fraction of sp³-hybridized carbons (Fsp3) is 0.500. The molecule has 0 amide bonds. The number of ether oxygens (including phenoxy) is 1. The highest BCUT2D eigenvalue weighted by atomic mass is 19.4. The molecule has 11 heteroatoms. The average molecular weight is 468 g/mol. The van der Waals surface area contributed by atoms with E-state index >= 15 is 4.39 Å². The van der Waals surface area contributed by atoms with Crippen LogP contribution in [0.2, 0.25) is 0 Å². The van der Waals surface area contributed by atoms with Crippen LogP contribution >= 0.6 is 0 Å². The Morgan fingerprint density at radius 2 is 1.79 bits per heavy atom. The van der Waals surface area contributed by atoms with Gasteiger partial charge in [-0.25, -0.2) is 9.97 Å². The average Bonchev–Trinajstić information content (AvgIpc) is 3.59. The molecule has 2 aliphatic rings. The molecule has 2 fully saturated rings. The van der Waals surface area contributed by atoms with E-state index in [0.29, 0.717) is 31.6 Å². The summed E-state index contributed by atoms with van der Waals surface area (Å²) in [6.45, 7) is 0.686. The molecule has 1 atom stereocenters. The highest BCUT2D eigenvalue weighted by molar-refractivity contribution is 5.69. The Balaban J connectivity index is 1.56. The first-order chi connectivity index (χ1) is 15.7. The van der Waals surface area contributed by atoms with E-state index < -0.39 is 35.1 Å². The molecule has 2 heterocycles. The molecule has 0 radical (unpaired) electrons. The molecule has 33 heavy (non-hydrogen) atoms. The minimum absolute atomic E-state index is 0.0955. The molecule has 1 saturated carbocycles. The number of benzene rings is 1. The lowest BCUT2D eigenvalue weighted by Gasteiger charge is -2.37. The Hall–Kier alpha value is -2.95. The summed E-state index contributed by atoms with van der Waals surface area (Å²) in [6.07, 6.45) is -1.02. The number of hydrogen-bond acceptors (Lipinski definition) is 6. The number of nitrogens with zero attached hydrogens (tertiary/aromatic N) is 2. The summed E-state index contributed by atoms with van der Waals surface area (Å²) in [5.41, 5.74) is -1.05. The number of aromatic nitrogens is 2. The van der Waals surface area contributed by atoms with Gasteiger partial charge in [-0.05, 0) is 49.3 Å². The third kappa shape index (κ3) is 5.52. The van der Waals surface area contributed by atoms with Crippen LogP contribution < -0.4 is 10.6 Å². The van der Waals surface area contributed by atoms with Gasteiger partial charge in [0.2, 0.25) is 5.82 Å². The van der Waals surface area contributed by atoms with Crippen molar-refractivity contribution in [3.63, 3.8) is 0 Å². The first kappa shape index (κ1) is 23.2. The molecular weight excluding hydrogens is 444 g/mol. The predicted octanol–water partition coefficient (Wildman–Crippen LogP) is 4.63. The molecule has 4 rings (SSSR count). The number of anilines is 2. The summed E-state index contributed by atoms with van der Waals surface area (Å²) < 4.78 is 59.4. The Kier molecular flexibility index (Phi) is 6.42. The molecule has 1 aliphatic carbocycles. The van der Waals surface area contributed by atoms with Crippen LogP contribution in [-0.2, 0) is 15.7 Å². The fourth-order valence-corrected chi connectivity index (χ4v) is 4.14. The van der Waals surface area contributed by atoms with Gasteiger partial charge in [-0.15, -0.1) is 0 Å². The van der Waals surface area contributed by atoms with Gasteiger partial charge >= 0.3 is 12.1 Å². The standard InChI is InChI=1S/C22H24F4N4O3/c23-17-19(27-12-28-20(17)30-21(11-16(31)32)7-9-33-10-8-21)29-18(13-1-2-13)14-3-5-15(6-4-14)22(24,25)26/h3-6,12-13,18H,1-2,7-11H2,(H,31,32)(H2,27,28,29,30). The van der Waals surface area contributed by atoms with Crippen LogP contribution in [0.5, 0.6) is 0 Å². The van der Waals surface area contributed by atoms with Gasteiger partial charge in [0, 0.05) is 13.2 Å². The van der Waals surface area contributed by atoms with Crippen LogP contribution in [0.25, 0.3) is 0 Å². The van der Waals surface area contributed by atoms with E-state index in [-0.39, 0.29) is 24.0 Å². The lowest BCUT2D eigenvalue weighted by molar-refractivity contribution is -0.139. The molecular formula is C22H24F4N4O3.